The Bertz CT molecular complexity index is 318. The van der Waals surface area contributed by atoms with Crippen LogP contribution >= 0.6 is 39.7 Å². The minimum atomic E-state index is -0.402. The minimum absolute atomic E-state index is 0.0204. The Morgan fingerprint density at radius 1 is 1.58 bits per heavy atom. The molecule has 0 unspecified atom stereocenters. The van der Waals surface area contributed by atoms with Crippen LogP contribution in [0.25, 0.3) is 0 Å². The van der Waals surface area contributed by atoms with Crippen LogP contribution < -0.4 is 5.32 Å². The van der Waals surface area contributed by atoms with Crippen molar-refractivity contribution in [2.24, 2.45) is 0 Å². The third kappa shape index (κ3) is 2.40. The van der Waals surface area contributed by atoms with Crippen LogP contribution in [0.1, 0.15) is 0 Å². The first kappa shape index (κ1) is 9.89. The maximum Gasteiger partial charge on any atom is 0.171 e. The van der Waals surface area contributed by atoms with Gasteiger partial charge >= 0.3 is 0 Å². The number of benzene rings is 1. The second-order valence-corrected chi connectivity index (χ2v) is 3.86. The molecule has 1 nitrogen and oxygen atoms in total. The van der Waals surface area contributed by atoms with Crippen LogP contribution in [0.3, 0.4) is 0 Å². The third-order valence-electron chi connectivity index (χ3n) is 1.18. The van der Waals surface area contributed by atoms with Gasteiger partial charge in [0, 0.05) is 0 Å². The van der Waals surface area contributed by atoms with E-state index in [1.54, 1.807) is 18.2 Å². The molecule has 0 radical (unpaired) electrons. The van der Waals surface area contributed by atoms with E-state index in [0.29, 0.717) is 4.47 Å². The zero-order valence-corrected chi connectivity index (χ0v) is 8.93. The summed E-state index contributed by atoms with van der Waals surface area (Å²) in [6.45, 7) is 0. The van der Waals surface area contributed by atoms with Crippen molar-refractivity contribution in [1.82, 2.24) is 0 Å². The fourth-order valence-electron chi connectivity index (χ4n) is 0.706. The highest BCUT2D eigenvalue weighted by Gasteiger charge is 2.05. The Balaban J connectivity index is 3.00. The Hall–Kier alpha value is -0.190. The smallest absolute Gasteiger partial charge is 0.171 e. The molecular weight excluding hydrogens is 265 g/mol. The van der Waals surface area contributed by atoms with Gasteiger partial charge in [0.25, 0.3) is 0 Å². The molecule has 0 atom stereocenters. The van der Waals surface area contributed by atoms with Crippen molar-refractivity contribution in [3.05, 3.63) is 28.5 Å². The zero-order valence-electron chi connectivity index (χ0n) is 5.77. The maximum atomic E-state index is 13.1. The lowest BCUT2D eigenvalue weighted by atomic mass is 10.3. The second kappa shape index (κ2) is 4.16. The first-order valence-corrected chi connectivity index (χ1v) is 4.59. The molecule has 0 aromatic heterocycles. The van der Waals surface area contributed by atoms with Crippen molar-refractivity contribution in [2.45, 2.75) is 0 Å². The average molecular weight is 269 g/mol. The van der Waals surface area contributed by atoms with Crippen LogP contribution in [-0.4, -0.2) is 4.45 Å². The van der Waals surface area contributed by atoms with Gasteiger partial charge in [-0.1, -0.05) is 17.7 Å². The van der Waals surface area contributed by atoms with Crippen LogP contribution in [0.4, 0.5) is 10.1 Å². The normalized spacial score (nSPS) is 9.58. The summed E-state index contributed by atoms with van der Waals surface area (Å²) in [5.41, 5.74) is 0.268. The molecule has 0 heterocycles. The van der Waals surface area contributed by atoms with Crippen molar-refractivity contribution >= 4 is 49.9 Å². The summed E-state index contributed by atoms with van der Waals surface area (Å²) in [6.07, 6.45) is 0. The van der Waals surface area contributed by atoms with Crippen LogP contribution in [-0.2, 0) is 0 Å². The molecule has 1 aromatic carbocycles. The Morgan fingerprint density at radius 2 is 2.25 bits per heavy atom. The Labute approximate surface area is 88.0 Å². The van der Waals surface area contributed by atoms with Gasteiger partial charge in [0.05, 0.1) is 10.2 Å². The van der Waals surface area contributed by atoms with E-state index in [1.165, 1.54) is 0 Å². The lowest BCUT2D eigenvalue weighted by Gasteiger charge is -2.04. The van der Waals surface area contributed by atoms with Gasteiger partial charge in [-0.15, -0.1) is 0 Å². The van der Waals surface area contributed by atoms with Crippen LogP contribution in [0.5, 0.6) is 0 Å². The van der Waals surface area contributed by atoms with Gasteiger partial charge in [0.15, 0.2) is 10.3 Å². The summed E-state index contributed by atoms with van der Waals surface area (Å²) in [4.78, 5) is 0. The fourth-order valence-corrected chi connectivity index (χ4v) is 1.28. The number of hydrogen-bond acceptors (Lipinski definition) is 1. The minimum Gasteiger partial charge on any atom is -0.335 e. The van der Waals surface area contributed by atoms with E-state index in [0.717, 1.165) is 0 Å². The predicted molar refractivity (Wildman–Crippen MR) is 56.2 cm³/mol. The summed E-state index contributed by atoms with van der Waals surface area (Å²) in [5, 5.41) is 2.51. The van der Waals surface area contributed by atoms with E-state index >= 15 is 0 Å². The molecule has 0 saturated heterocycles. The van der Waals surface area contributed by atoms with E-state index in [1.807, 2.05) is 0 Å². The van der Waals surface area contributed by atoms with E-state index in [4.69, 9.17) is 11.6 Å². The molecule has 0 spiro atoms. The highest BCUT2D eigenvalue weighted by molar-refractivity contribution is 9.10. The molecule has 0 aliphatic carbocycles. The quantitative estimate of drug-likeness (QED) is 0.475. The van der Waals surface area contributed by atoms with E-state index < -0.39 is 5.82 Å². The fraction of sp³-hybridized carbons (Fsp3) is 0. The molecule has 0 fully saturated rings. The third-order valence-corrected chi connectivity index (χ3v) is 1.99. The summed E-state index contributed by atoms with van der Waals surface area (Å²) < 4.78 is 13.5. The number of rotatable bonds is 1. The van der Waals surface area contributed by atoms with E-state index in [-0.39, 0.29) is 10.1 Å². The van der Waals surface area contributed by atoms with Gasteiger partial charge in [0.2, 0.25) is 0 Å². The monoisotopic (exact) mass is 267 g/mol. The molecule has 0 aliphatic heterocycles. The van der Waals surface area contributed by atoms with Crippen molar-refractivity contribution < 1.29 is 4.39 Å². The van der Waals surface area contributed by atoms with Gasteiger partial charge in [-0.3, -0.25) is 0 Å². The van der Waals surface area contributed by atoms with Gasteiger partial charge < -0.3 is 5.32 Å². The molecule has 64 valence electrons. The predicted octanol–water partition coefficient (Wildman–Crippen LogP) is 3.52. The molecule has 0 bridgehead atoms. The van der Waals surface area contributed by atoms with Gasteiger partial charge in [-0.05, 0) is 40.3 Å². The number of nitrogens with one attached hydrogen (secondary N) is 1. The summed E-state index contributed by atoms with van der Waals surface area (Å²) in [7, 11) is 0. The summed E-state index contributed by atoms with van der Waals surface area (Å²) in [5.74, 6) is -0.402. The number of anilines is 1. The summed E-state index contributed by atoms with van der Waals surface area (Å²) in [6, 6.07) is 4.83. The molecule has 0 amide bonds. The molecule has 12 heavy (non-hydrogen) atoms. The zero-order chi connectivity index (χ0) is 9.14. The lowest BCUT2D eigenvalue weighted by molar-refractivity contribution is 0.625. The highest BCUT2D eigenvalue weighted by atomic mass is 79.9. The topological polar surface area (TPSA) is 12.0 Å². The number of halogens is 3. The van der Waals surface area contributed by atoms with Gasteiger partial charge in [-0.2, -0.15) is 0 Å². The van der Waals surface area contributed by atoms with Crippen LogP contribution in [0.15, 0.2) is 22.7 Å². The molecule has 0 saturated carbocycles. The first-order valence-electron chi connectivity index (χ1n) is 3.02. The average Bonchev–Trinajstić information content (AvgIpc) is 1.98. The lowest BCUT2D eigenvalue weighted by Crippen LogP contribution is -2.02. The molecular formula is C7H4BrClFNS. The van der Waals surface area contributed by atoms with Crippen LogP contribution in [0, 0.1) is 5.82 Å². The Morgan fingerprint density at radius 3 is 2.83 bits per heavy atom. The molecule has 0 aliphatic rings. The molecule has 1 N–H and O–H groups in total. The Kier molecular flexibility index (Phi) is 3.43. The van der Waals surface area contributed by atoms with E-state index in [9.17, 15) is 4.39 Å². The molecule has 1 rings (SSSR count). The molecule has 1 aromatic rings. The van der Waals surface area contributed by atoms with Crippen LogP contribution in [0.2, 0.25) is 0 Å². The number of thiocarbonyl (C=S) groups is 1. The highest BCUT2D eigenvalue weighted by Crippen LogP contribution is 2.22. The standard InChI is InChI=1S/C7H4BrClFNS/c8-4-2-1-3-5(6(4)10)11-7(9)12/h1-3H,(H,11,12). The SMILES string of the molecule is Fc1c(Br)cccc1NC(=S)Cl. The summed E-state index contributed by atoms with van der Waals surface area (Å²) >= 11 is 13.0. The van der Waals surface area contributed by atoms with Crippen molar-refractivity contribution in [1.29, 1.82) is 0 Å². The van der Waals surface area contributed by atoms with Crippen molar-refractivity contribution in [3.63, 3.8) is 0 Å². The van der Waals surface area contributed by atoms with Crippen molar-refractivity contribution in [3.8, 4) is 0 Å². The molecule has 5 heteroatoms. The van der Waals surface area contributed by atoms with Gasteiger partial charge in [-0.25, -0.2) is 4.39 Å². The first-order chi connectivity index (χ1) is 5.61. The maximum absolute atomic E-state index is 13.1. The number of hydrogen-bond donors (Lipinski definition) is 1. The van der Waals surface area contributed by atoms with Crippen molar-refractivity contribution in [2.75, 3.05) is 5.32 Å². The van der Waals surface area contributed by atoms with Gasteiger partial charge in [0.1, 0.15) is 0 Å². The largest absolute Gasteiger partial charge is 0.335 e. The van der Waals surface area contributed by atoms with E-state index in [2.05, 4.69) is 33.5 Å². The second-order valence-electron chi connectivity index (χ2n) is 2.00.